The summed E-state index contributed by atoms with van der Waals surface area (Å²) in [7, 11) is 3.89. The zero-order chi connectivity index (χ0) is 17.7. The number of nitrogens with zero attached hydrogens (tertiary/aromatic N) is 2. The third kappa shape index (κ3) is 4.49. The maximum atomic E-state index is 12.2. The third-order valence-corrected chi connectivity index (χ3v) is 4.06. The van der Waals surface area contributed by atoms with Crippen molar-refractivity contribution in [2.45, 2.75) is 13.3 Å². The van der Waals surface area contributed by atoms with Gasteiger partial charge < -0.3 is 4.90 Å². The topological polar surface area (TPSA) is 44.7 Å². The molecule has 24 heavy (non-hydrogen) atoms. The number of carbonyl (C=O) groups excluding carboxylic acids is 1. The highest BCUT2D eigenvalue weighted by molar-refractivity contribution is 6.37. The Kier molecular flexibility index (Phi) is 6.23. The zero-order valence-electron chi connectivity index (χ0n) is 13.8. The van der Waals surface area contributed by atoms with Crippen LogP contribution in [0.2, 0.25) is 10.0 Å². The number of halogens is 2. The summed E-state index contributed by atoms with van der Waals surface area (Å²) < 4.78 is 0. The van der Waals surface area contributed by atoms with E-state index >= 15 is 0 Å². The number of anilines is 1. The molecule has 0 bridgehead atoms. The fourth-order valence-electron chi connectivity index (χ4n) is 2.15. The number of hydrogen-bond acceptors (Lipinski definition) is 3. The van der Waals surface area contributed by atoms with Gasteiger partial charge in [-0.25, -0.2) is 5.43 Å². The van der Waals surface area contributed by atoms with Gasteiger partial charge in [-0.05, 0) is 42.8 Å². The van der Waals surface area contributed by atoms with Crippen molar-refractivity contribution in [2.75, 3.05) is 19.0 Å². The van der Waals surface area contributed by atoms with E-state index in [0.717, 1.165) is 11.3 Å². The van der Waals surface area contributed by atoms with Gasteiger partial charge in [0.25, 0.3) is 5.91 Å². The van der Waals surface area contributed by atoms with Crippen LogP contribution in [0.3, 0.4) is 0 Å². The summed E-state index contributed by atoms with van der Waals surface area (Å²) in [5.41, 5.74) is 5.60. The maximum absolute atomic E-state index is 12.2. The van der Waals surface area contributed by atoms with Gasteiger partial charge >= 0.3 is 0 Å². The molecule has 0 atom stereocenters. The largest absolute Gasteiger partial charge is 0.378 e. The normalized spacial score (nSPS) is 11.3. The van der Waals surface area contributed by atoms with Gasteiger partial charge in [-0.2, -0.15) is 5.10 Å². The number of hydrogen-bond donors (Lipinski definition) is 1. The van der Waals surface area contributed by atoms with E-state index in [2.05, 4.69) is 10.5 Å². The lowest BCUT2D eigenvalue weighted by atomic mass is 10.1. The molecular formula is C18H19Cl2N3O. The lowest BCUT2D eigenvalue weighted by Crippen LogP contribution is -2.20. The Balaban J connectivity index is 2.16. The van der Waals surface area contributed by atoms with Crippen molar-refractivity contribution in [3.05, 3.63) is 63.6 Å². The fraction of sp³-hybridized carbons (Fsp3) is 0.222. The molecule has 0 saturated carbocycles. The Bertz CT molecular complexity index is 755. The molecule has 6 heteroatoms. The first-order chi connectivity index (χ1) is 11.4. The van der Waals surface area contributed by atoms with Crippen LogP contribution in [0.25, 0.3) is 0 Å². The molecule has 2 aromatic carbocycles. The molecule has 0 unspecified atom stereocenters. The summed E-state index contributed by atoms with van der Waals surface area (Å²) in [6.45, 7) is 1.95. The zero-order valence-corrected chi connectivity index (χ0v) is 15.3. The monoisotopic (exact) mass is 363 g/mol. The van der Waals surface area contributed by atoms with E-state index in [1.165, 1.54) is 0 Å². The number of nitrogens with one attached hydrogen (secondary N) is 1. The van der Waals surface area contributed by atoms with Crippen LogP contribution >= 0.6 is 23.2 Å². The minimum atomic E-state index is -0.267. The first-order valence-corrected chi connectivity index (χ1v) is 8.27. The lowest BCUT2D eigenvalue weighted by molar-refractivity contribution is 0.0955. The number of carbonyl (C=O) groups is 1. The number of hydrazone groups is 1. The Hall–Kier alpha value is -2.04. The summed E-state index contributed by atoms with van der Waals surface area (Å²) in [5.74, 6) is -0.267. The molecular weight excluding hydrogens is 345 g/mol. The summed E-state index contributed by atoms with van der Waals surface area (Å²) >= 11 is 12.1. The van der Waals surface area contributed by atoms with E-state index in [4.69, 9.17) is 23.2 Å². The molecule has 1 amide bonds. The van der Waals surface area contributed by atoms with E-state index in [0.29, 0.717) is 27.7 Å². The van der Waals surface area contributed by atoms with Gasteiger partial charge in [0.1, 0.15) is 0 Å². The smallest absolute Gasteiger partial charge is 0.271 e. The minimum absolute atomic E-state index is 0.267. The number of benzene rings is 2. The first kappa shape index (κ1) is 18.3. The summed E-state index contributed by atoms with van der Waals surface area (Å²) in [6, 6.07) is 12.5. The minimum Gasteiger partial charge on any atom is -0.378 e. The Morgan fingerprint density at radius 1 is 1.12 bits per heavy atom. The third-order valence-electron chi connectivity index (χ3n) is 3.52. The van der Waals surface area contributed by atoms with Crippen molar-refractivity contribution in [3.8, 4) is 0 Å². The van der Waals surface area contributed by atoms with Gasteiger partial charge in [0, 0.05) is 35.9 Å². The number of rotatable bonds is 5. The molecule has 0 saturated heterocycles. The van der Waals surface area contributed by atoms with Crippen molar-refractivity contribution >= 4 is 40.5 Å². The molecule has 4 nitrogen and oxygen atoms in total. The summed E-state index contributed by atoms with van der Waals surface area (Å²) in [4.78, 5) is 14.2. The van der Waals surface area contributed by atoms with Crippen LogP contribution in [-0.2, 0) is 0 Å². The molecule has 0 aromatic heterocycles. The fourth-order valence-corrected chi connectivity index (χ4v) is 2.66. The van der Waals surface area contributed by atoms with Crippen LogP contribution in [0.1, 0.15) is 29.3 Å². The van der Waals surface area contributed by atoms with Crippen LogP contribution in [-0.4, -0.2) is 25.7 Å². The molecule has 126 valence electrons. The van der Waals surface area contributed by atoms with Crippen molar-refractivity contribution in [1.29, 1.82) is 0 Å². The van der Waals surface area contributed by atoms with E-state index in [1.807, 2.05) is 38.1 Å². The van der Waals surface area contributed by atoms with Gasteiger partial charge in [-0.1, -0.05) is 36.2 Å². The maximum Gasteiger partial charge on any atom is 0.271 e. The average Bonchev–Trinajstić information content (AvgIpc) is 2.56. The van der Waals surface area contributed by atoms with Crippen molar-refractivity contribution < 1.29 is 4.79 Å². The second-order valence-corrected chi connectivity index (χ2v) is 6.26. The van der Waals surface area contributed by atoms with Gasteiger partial charge in [0.2, 0.25) is 0 Å². The molecule has 2 rings (SSSR count). The van der Waals surface area contributed by atoms with E-state index in [-0.39, 0.29) is 5.91 Å². The van der Waals surface area contributed by atoms with Crippen LogP contribution in [0, 0.1) is 0 Å². The molecule has 0 aliphatic carbocycles. The molecule has 0 spiro atoms. The van der Waals surface area contributed by atoms with Crippen LogP contribution in [0.15, 0.2) is 47.6 Å². The van der Waals surface area contributed by atoms with Crippen LogP contribution in [0.5, 0.6) is 0 Å². The predicted molar refractivity (Wildman–Crippen MR) is 102 cm³/mol. The van der Waals surface area contributed by atoms with Crippen molar-refractivity contribution in [3.63, 3.8) is 0 Å². The SMILES string of the molecule is CCC(=NNC(=O)c1ccc(N(C)C)cc1)c1ccc(Cl)cc1Cl. The van der Waals surface area contributed by atoms with Gasteiger partial charge in [-0.15, -0.1) is 0 Å². The Morgan fingerprint density at radius 3 is 2.33 bits per heavy atom. The molecule has 2 aromatic rings. The molecule has 1 N–H and O–H groups in total. The highest BCUT2D eigenvalue weighted by Gasteiger charge is 2.09. The first-order valence-electron chi connectivity index (χ1n) is 7.52. The van der Waals surface area contributed by atoms with E-state index < -0.39 is 0 Å². The molecule has 0 fully saturated rings. The number of amides is 1. The molecule has 0 aliphatic heterocycles. The molecule has 0 radical (unpaired) electrons. The average molecular weight is 364 g/mol. The second kappa shape index (κ2) is 8.18. The summed E-state index contributed by atoms with van der Waals surface area (Å²) in [5, 5.41) is 5.28. The van der Waals surface area contributed by atoms with Crippen molar-refractivity contribution in [1.82, 2.24) is 5.43 Å². The van der Waals surface area contributed by atoms with E-state index in [9.17, 15) is 4.79 Å². The predicted octanol–water partition coefficient (Wildman–Crippen LogP) is 4.60. The Morgan fingerprint density at radius 2 is 1.79 bits per heavy atom. The molecule has 0 heterocycles. The Labute approximate surface area is 152 Å². The van der Waals surface area contributed by atoms with Crippen molar-refractivity contribution in [2.24, 2.45) is 5.10 Å². The standard InChI is InChI=1S/C18H19Cl2N3O/c1-4-17(15-10-7-13(19)11-16(15)20)21-22-18(24)12-5-8-14(9-6-12)23(2)3/h5-11H,4H2,1-3H3,(H,22,24). The summed E-state index contributed by atoms with van der Waals surface area (Å²) in [6.07, 6.45) is 0.626. The van der Waals surface area contributed by atoms with Gasteiger partial charge in [-0.3, -0.25) is 4.79 Å². The van der Waals surface area contributed by atoms with Gasteiger partial charge in [0.15, 0.2) is 0 Å². The van der Waals surface area contributed by atoms with Gasteiger partial charge in [0.05, 0.1) is 10.7 Å². The lowest BCUT2D eigenvalue weighted by Gasteiger charge is -2.12. The van der Waals surface area contributed by atoms with Crippen LogP contribution < -0.4 is 10.3 Å². The highest BCUT2D eigenvalue weighted by atomic mass is 35.5. The second-order valence-electron chi connectivity index (χ2n) is 5.42. The molecule has 0 aliphatic rings. The quantitative estimate of drug-likeness (QED) is 0.622. The van der Waals surface area contributed by atoms with E-state index in [1.54, 1.807) is 30.3 Å². The highest BCUT2D eigenvalue weighted by Crippen LogP contribution is 2.22. The van der Waals surface area contributed by atoms with Crippen LogP contribution in [0.4, 0.5) is 5.69 Å².